The molecular weight excluding hydrogens is 1890 g/mol. The number of quaternary nitrogens is 1. The first-order valence-corrected chi connectivity index (χ1v) is 62.8. The highest BCUT2D eigenvalue weighted by molar-refractivity contribution is 7.78. The van der Waals surface area contributed by atoms with Gasteiger partial charge < -0.3 is 98.0 Å². The van der Waals surface area contributed by atoms with Crippen molar-refractivity contribution in [2.45, 2.75) is 670 Å². The summed E-state index contributed by atoms with van der Waals surface area (Å²) >= 11 is 0. The molecule has 6 N–H and O–H groups in total. The maximum atomic E-state index is 6.11. The lowest BCUT2D eigenvalue weighted by atomic mass is 9.88. The Kier molecular flexibility index (Phi) is 121. The first kappa shape index (κ1) is 175. The Bertz CT molecular complexity index is 2250. The van der Waals surface area contributed by atoms with Gasteiger partial charge in [0.1, 0.15) is 11.7 Å². The summed E-state index contributed by atoms with van der Waals surface area (Å²) < 4.78 is 75.4. The van der Waals surface area contributed by atoms with Crippen LogP contribution < -0.4 is 31.9 Å². The number of nitrogens with one attached hydrogen (secondary N) is 6. The lowest BCUT2D eigenvalue weighted by Crippen LogP contribution is -2.61. The maximum absolute atomic E-state index is 6.11. The van der Waals surface area contributed by atoms with E-state index in [0.29, 0.717) is 125 Å². The van der Waals surface area contributed by atoms with Crippen molar-refractivity contribution >= 4 is 7.26 Å². The van der Waals surface area contributed by atoms with Gasteiger partial charge in [-0.2, -0.15) is 0 Å². The molecule has 924 valence electrons. The van der Waals surface area contributed by atoms with Gasteiger partial charge in [-0.15, -0.1) is 0 Å². The minimum Gasteiger partial charge on any atom is -0.378 e. The van der Waals surface area contributed by atoms with Crippen LogP contribution in [0.3, 0.4) is 0 Å². The molecule has 0 aromatic carbocycles. The maximum Gasteiger partial charge on any atom is 0.138 e. The number of hydrogen-bond acceptors (Lipinski definition) is 19. The summed E-state index contributed by atoms with van der Waals surface area (Å²) in [4.78, 5) is 0. The molecule has 0 amide bonds. The molecule has 1 atom stereocenters. The van der Waals surface area contributed by atoms with Crippen LogP contribution in [0.2, 0.25) is 0 Å². The van der Waals surface area contributed by atoms with Gasteiger partial charge in [-0.1, -0.05) is 208 Å². The van der Waals surface area contributed by atoms with Crippen molar-refractivity contribution in [1.29, 1.82) is 0 Å². The minimum atomic E-state index is -0.784. The van der Waals surface area contributed by atoms with Crippen LogP contribution in [0.4, 0.5) is 0 Å². The third kappa shape index (κ3) is 116. The van der Waals surface area contributed by atoms with Gasteiger partial charge in [0.05, 0.1) is 200 Å². The van der Waals surface area contributed by atoms with Crippen molar-refractivity contribution in [2.75, 3.05) is 118 Å². The molecule has 0 rings (SSSR count). The van der Waals surface area contributed by atoms with E-state index in [-0.39, 0.29) is 95.0 Å². The predicted octanol–water partition coefficient (Wildman–Crippen LogP) is 33.0. The zero-order chi connectivity index (χ0) is 117. The fourth-order valence-corrected chi connectivity index (χ4v) is 24.6. The van der Waals surface area contributed by atoms with Crippen molar-refractivity contribution in [1.82, 2.24) is 31.9 Å². The molecule has 0 fully saturated rings. The zero-order valence-corrected chi connectivity index (χ0v) is 112. The highest BCUT2D eigenvalue weighted by Crippen LogP contribution is 2.73. The molecule has 0 aromatic heterocycles. The highest BCUT2D eigenvalue weighted by Gasteiger charge is 2.50. The first-order chi connectivity index (χ1) is 67.4. The van der Waals surface area contributed by atoms with Gasteiger partial charge in [-0.25, -0.2) is 0 Å². The van der Waals surface area contributed by atoms with Crippen molar-refractivity contribution < 1.29 is 66.1 Å². The Labute approximate surface area is 947 Å². The van der Waals surface area contributed by atoms with E-state index < -0.39 is 12.9 Å². The lowest BCUT2D eigenvalue weighted by molar-refractivity contribution is -0.971. The normalized spacial score (nSPS) is 12.8. The summed E-state index contributed by atoms with van der Waals surface area (Å²) in [6.45, 7) is 152. The Morgan fingerprint density at radius 3 is 0.660 bits per heavy atom. The molecule has 150 heavy (non-hydrogen) atoms. The topological polar surface area (TPSA) is 192 Å². The third-order valence-electron chi connectivity index (χ3n) is 24.7. The Balaban J connectivity index is -0.000000143. The molecule has 0 saturated heterocycles. The van der Waals surface area contributed by atoms with Gasteiger partial charge in [0.15, 0.2) is 0 Å². The van der Waals surface area contributed by atoms with Crippen molar-refractivity contribution in [3.63, 3.8) is 0 Å². The van der Waals surface area contributed by atoms with Gasteiger partial charge in [0.2, 0.25) is 0 Å². The molecule has 0 aromatic rings. The molecule has 0 saturated carbocycles. The molecule has 0 aliphatic rings. The highest BCUT2D eigenvalue weighted by atomic mass is 31.2. The summed E-state index contributed by atoms with van der Waals surface area (Å²) in [7, 11) is -0.784. The van der Waals surface area contributed by atoms with Gasteiger partial charge in [0, 0.05) is 92.4 Å². The van der Waals surface area contributed by atoms with Crippen LogP contribution in [0.1, 0.15) is 503 Å². The molecule has 0 aliphatic heterocycles. The Morgan fingerprint density at radius 2 is 0.453 bits per heavy atom. The molecule has 20 nitrogen and oxygen atoms in total. The average molecular weight is 2180 g/mol. The average Bonchev–Trinajstić information content (AvgIpc) is 0.787. The molecule has 0 spiro atoms. The van der Waals surface area contributed by atoms with E-state index in [1.165, 1.54) is 68.9 Å². The Morgan fingerprint density at radius 1 is 0.220 bits per heavy atom. The fraction of sp³-hybridized carbons (Fsp3) is 1.00. The second-order valence-corrected chi connectivity index (χ2v) is 58.6. The number of ether oxygens (including phenoxy) is 13. The molecular formula is C129H292N7O13P+2. The Hall–Kier alpha value is -0.370. The summed E-state index contributed by atoms with van der Waals surface area (Å²) in [6, 6.07) is 4.79. The van der Waals surface area contributed by atoms with E-state index in [0.717, 1.165) is 129 Å². The third-order valence-corrected chi connectivity index (χ3v) is 31.8. The van der Waals surface area contributed by atoms with Crippen LogP contribution in [0.5, 0.6) is 0 Å². The molecule has 0 heterocycles. The SMILES string of the molecule is C.C.C.CC(C)CCC(CNC(C)C)(CNC(C)C)NC(C)C.CC(C)CCC(CNC(C)C)CNC(C)C.CC(C)CCC(CNC(C)C)COC(C)C.CC(C)CCC(COC(C)C)COC(C)C.CC(C)C[N+](CC(C)C)(C(C)C)C(C)C.CC(C)OCC(COC(C)C)(COC(C)C)OC(C)C.CC(C)OCC(COC(C)C)COC(C)C.CC(C)OCC(COC(C)C)OC(C)C.CC(C)[P+](C(C)C)(C(C)C)C(C)C. The van der Waals surface area contributed by atoms with E-state index in [9.17, 15) is 0 Å². The summed E-state index contributed by atoms with van der Waals surface area (Å²) in [6.07, 6.45) is 13.2. The van der Waals surface area contributed by atoms with Gasteiger partial charge in [-0.05, 0) is 344 Å². The van der Waals surface area contributed by atoms with Crippen LogP contribution in [0.15, 0.2) is 0 Å². The van der Waals surface area contributed by atoms with E-state index >= 15 is 0 Å². The van der Waals surface area contributed by atoms with E-state index in [1.807, 2.05) is 138 Å². The van der Waals surface area contributed by atoms with Crippen LogP contribution in [-0.2, 0) is 61.6 Å². The van der Waals surface area contributed by atoms with E-state index in [1.54, 1.807) is 0 Å². The molecule has 0 aliphatic carbocycles. The van der Waals surface area contributed by atoms with Crippen molar-refractivity contribution in [3.05, 3.63) is 0 Å². The van der Waals surface area contributed by atoms with E-state index in [4.69, 9.17) is 61.6 Å². The number of hydrogen-bond donors (Lipinski definition) is 6. The predicted molar refractivity (Wildman–Crippen MR) is 675 cm³/mol. The summed E-state index contributed by atoms with van der Waals surface area (Å²) in [5, 5.41) is 21.7. The van der Waals surface area contributed by atoms with Crippen LogP contribution >= 0.6 is 7.26 Å². The summed E-state index contributed by atoms with van der Waals surface area (Å²) in [5.41, 5.74) is 3.12. The fourth-order valence-electron chi connectivity index (χ4n) is 17.4. The van der Waals surface area contributed by atoms with Gasteiger partial charge in [0.25, 0.3) is 0 Å². The second-order valence-electron chi connectivity index (χ2n) is 52.7. The number of nitrogens with zero attached hydrogens (tertiary/aromatic N) is 1. The quantitative estimate of drug-likeness (QED) is 0.0249. The molecule has 1 unspecified atom stereocenters. The van der Waals surface area contributed by atoms with Crippen LogP contribution in [0.25, 0.3) is 0 Å². The monoisotopic (exact) mass is 2180 g/mol. The zero-order valence-electron chi connectivity index (χ0n) is 111. The summed E-state index contributed by atoms with van der Waals surface area (Å²) in [5.74, 6) is 7.00. The molecule has 0 bridgehead atoms. The van der Waals surface area contributed by atoms with Gasteiger partial charge in [-0.3, -0.25) is 0 Å². The second kappa shape index (κ2) is 104. The van der Waals surface area contributed by atoms with Crippen LogP contribution in [-0.4, -0.2) is 291 Å². The standard InChI is InChI=1S/C17H39N3.C16H34O4.C14H32N2.C14H31NO.C14H32N.C14H30O2.C13H28O3.C12H26O3.C12H28P.3CH4/c1-13(2)9-10-17(20-16(7)8,11-18-14(3)4)12-19-15(5)6;1-12(2)17-9-16(20-15(7)8,10-18-13(3)4)11-19-14(5)6;2*1-11(2)7-8-14(9-15-12(3)4)10-16-13(5)6;1-11(2)9-15(13(5)6,14(7)8)10-12(3)4;1-11(2)7-8-14(9-15-12(3)4)10-16-13(5)6;1-10(2)14-7-13(8-15-11(3)4)9-16-12(5)6;1-9(2)13-7-12(15-11(5)6)8-14-10(3)4;1-9(2)13(10(3)4,11(5)6)12(7)8;;;/h13-16,18-20H,9-12H2,1-8H3;12-15H,9-11H2,1-8H3;11-16H,7-10H2,1-6H3;11-15H,7-10H2,1-6H3;11-14H,9-10H2,1-8H3;11-14H,7-10H2,1-6H3;10-13H,7-9H2,1-6H3;9-12H,7-8H2,1-6H3;9-12H,1-8H3;3*1H4/q;;;;+1;;;;+1;;;. The largest absolute Gasteiger partial charge is 0.378 e. The smallest absolute Gasteiger partial charge is 0.138 e. The van der Waals surface area contributed by atoms with E-state index in [2.05, 4.69) is 323 Å². The first-order valence-electron chi connectivity index (χ1n) is 60.7. The lowest BCUT2D eigenvalue weighted by Gasteiger charge is -2.48. The van der Waals surface area contributed by atoms with Crippen LogP contribution in [0, 0.1) is 59.2 Å². The number of rotatable bonds is 76. The van der Waals surface area contributed by atoms with Gasteiger partial charge >= 0.3 is 0 Å². The minimum absolute atomic E-state index is 0. The van der Waals surface area contributed by atoms with Crippen molar-refractivity contribution in [2.24, 2.45) is 59.2 Å². The van der Waals surface area contributed by atoms with Crippen molar-refractivity contribution in [3.8, 4) is 0 Å². The molecule has 21 heteroatoms. The molecule has 0 radical (unpaired) electrons.